The second-order valence-electron chi connectivity index (χ2n) is 8.47. The molecule has 3 aromatic rings. The Hall–Kier alpha value is -2.44. The van der Waals surface area contributed by atoms with Crippen LogP contribution in [0.3, 0.4) is 0 Å². The molecule has 2 amide bonds. The molecule has 0 aromatic heterocycles. The van der Waals surface area contributed by atoms with E-state index >= 15 is 0 Å². The van der Waals surface area contributed by atoms with Gasteiger partial charge in [-0.3, -0.25) is 9.59 Å². The standard InChI is InChI=1S/C28H28Cl4N2O3/c1-2-3-13-33-28(36)25(14-19-7-5-4-6-8-19)34(17-20-9-10-21(29)15-23(20)31)27(35)18-37-26-12-11-22(30)16-24(26)32/h4-12,15-16,25H,2-3,13-14,17-18H2,1H3,(H,33,36). The van der Waals surface area contributed by atoms with E-state index in [0.717, 1.165) is 18.4 Å². The summed E-state index contributed by atoms with van der Waals surface area (Å²) in [4.78, 5) is 28.5. The SMILES string of the molecule is CCCCNC(=O)C(Cc1ccccc1)N(Cc1ccc(Cl)cc1Cl)C(=O)COc1ccc(Cl)cc1Cl. The van der Waals surface area contributed by atoms with Gasteiger partial charge in [0.15, 0.2) is 6.61 Å². The Morgan fingerprint density at radius 2 is 1.59 bits per heavy atom. The molecule has 37 heavy (non-hydrogen) atoms. The highest BCUT2D eigenvalue weighted by Crippen LogP contribution is 2.28. The van der Waals surface area contributed by atoms with Crippen molar-refractivity contribution in [3.8, 4) is 5.75 Å². The normalized spacial score (nSPS) is 11.6. The lowest BCUT2D eigenvalue weighted by molar-refractivity contribution is -0.142. The number of carbonyl (C=O) groups excluding carboxylic acids is 2. The van der Waals surface area contributed by atoms with E-state index in [1.165, 1.54) is 11.0 Å². The Morgan fingerprint density at radius 3 is 2.24 bits per heavy atom. The smallest absolute Gasteiger partial charge is 0.261 e. The minimum Gasteiger partial charge on any atom is -0.482 e. The third-order valence-electron chi connectivity index (χ3n) is 5.70. The van der Waals surface area contributed by atoms with Gasteiger partial charge in [0.25, 0.3) is 5.91 Å². The number of amides is 2. The lowest BCUT2D eigenvalue weighted by Gasteiger charge is -2.32. The molecule has 196 valence electrons. The Labute approximate surface area is 237 Å². The lowest BCUT2D eigenvalue weighted by Crippen LogP contribution is -2.51. The number of rotatable bonds is 12. The molecule has 9 heteroatoms. The van der Waals surface area contributed by atoms with Crippen LogP contribution >= 0.6 is 46.4 Å². The van der Waals surface area contributed by atoms with Crippen molar-refractivity contribution in [3.63, 3.8) is 0 Å². The summed E-state index contributed by atoms with van der Waals surface area (Å²) in [7, 11) is 0. The summed E-state index contributed by atoms with van der Waals surface area (Å²) >= 11 is 24.7. The first-order valence-corrected chi connectivity index (χ1v) is 13.4. The van der Waals surface area contributed by atoms with Crippen molar-refractivity contribution < 1.29 is 14.3 Å². The van der Waals surface area contributed by atoms with Crippen LogP contribution < -0.4 is 10.1 Å². The highest BCUT2D eigenvalue weighted by atomic mass is 35.5. The van der Waals surface area contributed by atoms with Crippen LogP contribution in [0.1, 0.15) is 30.9 Å². The molecule has 0 saturated heterocycles. The molecule has 0 fully saturated rings. The molecule has 0 bridgehead atoms. The quantitative estimate of drug-likeness (QED) is 0.229. The molecule has 0 radical (unpaired) electrons. The molecular weight excluding hydrogens is 554 g/mol. The van der Waals surface area contributed by atoms with Gasteiger partial charge in [-0.05, 0) is 47.9 Å². The first-order valence-electron chi connectivity index (χ1n) is 11.9. The maximum atomic E-state index is 13.6. The number of nitrogens with one attached hydrogen (secondary N) is 1. The zero-order chi connectivity index (χ0) is 26.8. The number of unbranched alkanes of at least 4 members (excludes halogenated alkanes) is 1. The largest absolute Gasteiger partial charge is 0.482 e. The van der Waals surface area contributed by atoms with Crippen LogP contribution in [0.2, 0.25) is 20.1 Å². The summed E-state index contributed by atoms with van der Waals surface area (Å²) < 4.78 is 5.73. The lowest BCUT2D eigenvalue weighted by atomic mass is 10.0. The van der Waals surface area contributed by atoms with Crippen LogP contribution in [0.4, 0.5) is 0 Å². The van der Waals surface area contributed by atoms with Crippen molar-refractivity contribution >= 4 is 58.2 Å². The van der Waals surface area contributed by atoms with Crippen molar-refractivity contribution in [3.05, 3.63) is 97.9 Å². The molecule has 0 aliphatic rings. The fourth-order valence-corrected chi connectivity index (χ4v) is 4.64. The predicted molar refractivity (Wildman–Crippen MR) is 151 cm³/mol. The van der Waals surface area contributed by atoms with E-state index in [1.807, 2.05) is 37.3 Å². The summed E-state index contributed by atoms with van der Waals surface area (Å²) in [6, 6.07) is 18.6. The molecule has 0 spiro atoms. The third kappa shape index (κ3) is 8.82. The van der Waals surface area contributed by atoms with Gasteiger partial charge >= 0.3 is 0 Å². The van der Waals surface area contributed by atoms with E-state index in [1.54, 1.807) is 30.3 Å². The number of carbonyl (C=O) groups is 2. The van der Waals surface area contributed by atoms with Crippen LogP contribution in [0, 0.1) is 0 Å². The first-order chi connectivity index (χ1) is 17.8. The molecule has 0 saturated carbocycles. The summed E-state index contributed by atoms with van der Waals surface area (Å²) in [5.74, 6) is -0.334. The van der Waals surface area contributed by atoms with Gasteiger partial charge in [0.05, 0.1) is 5.02 Å². The minimum atomic E-state index is -0.803. The number of ether oxygens (including phenoxy) is 1. The molecular formula is C28H28Cl4N2O3. The van der Waals surface area contributed by atoms with E-state index in [9.17, 15) is 9.59 Å². The van der Waals surface area contributed by atoms with E-state index in [4.69, 9.17) is 51.1 Å². The Bertz CT molecular complexity index is 1210. The van der Waals surface area contributed by atoms with Gasteiger partial charge in [-0.2, -0.15) is 0 Å². The number of nitrogens with zero attached hydrogens (tertiary/aromatic N) is 1. The van der Waals surface area contributed by atoms with E-state index in [-0.39, 0.29) is 24.1 Å². The van der Waals surface area contributed by atoms with Gasteiger partial charge < -0.3 is 15.0 Å². The Balaban J connectivity index is 1.92. The summed E-state index contributed by atoms with van der Waals surface area (Å²) in [5.41, 5.74) is 1.57. The van der Waals surface area contributed by atoms with Crippen LogP contribution in [0.25, 0.3) is 0 Å². The molecule has 3 aromatic carbocycles. The van der Waals surface area contributed by atoms with E-state index in [2.05, 4.69) is 5.32 Å². The van der Waals surface area contributed by atoms with Gasteiger partial charge in [-0.25, -0.2) is 0 Å². The molecule has 1 atom stereocenters. The predicted octanol–water partition coefficient (Wildman–Crippen LogP) is 7.24. The molecule has 0 aliphatic carbocycles. The van der Waals surface area contributed by atoms with Gasteiger partial charge in [0.1, 0.15) is 11.8 Å². The first kappa shape index (κ1) is 29.1. The van der Waals surface area contributed by atoms with Gasteiger partial charge in [0.2, 0.25) is 5.91 Å². The fourth-order valence-electron chi connectivity index (χ4n) is 3.71. The fraction of sp³-hybridized carbons (Fsp3) is 0.286. The molecule has 3 rings (SSSR count). The molecule has 5 nitrogen and oxygen atoms in total. The van der Waals surface area contributed by atoms with Gasteiger partial charge in [0, 0.05) is 34.6 Å². The monoisotopic (exact) mass is 580 g/mol. The second kappa shape index (κ2) is 14.5. The van der Waals surface area contributed by atoms with Crippen molar-refractivity contribution in [1.29, 1.82) is 0 Å². The summed E-state index contributed by atoms with van der Waals surface area (Å²) in [6.07, 6.45) is 2.08. The van der Waals surface area contributed by atoms with Gasteiger partial charge in [-0.15, -0.1) is 0 Å². The van der Waals surface area contributed by atoms with Crippen LogP contribution in [0.5, 0.6) is 5.75 Å². The number of hydrogen-bond donors (Lipinski definition) is 1. The molecule has 1 unspecified atom stereocenters. The molecule has 1 N–H and O–H groups in total. The van der Waals surface area contributed by atoms with E-state index < -0.39 is 11.9 Å². The van der Waals surface area contributed by atoms with E-state index in [0.29, 0.717) is 39.3 Å². The number of benzene rings is 3. The zero-order valence-electron chi connectivity index (χ0n) is 20.4. The van der Waals surface area contributed by atoms with Crippen molar-refractivity contribution in [2.24, 2.45) is 0 Å². The number of hydrogen-bond acceptors (Lipinski definition) is 3. The Morgan fingerprint density at radius 1 is 0.919 bits per heavy atom. The second-order valence-corrected chi connectivity index (χ2v) is 10.2. The minimum absolute atomic E-state index is 0.0885. The maximum Gasteiger partial charge on any atom is 0.261 e. The summed E-state index contributed by atoms with van der Waals surface area (Å²) in [6.45, 7) is 2.32. The highest BCUT2D eigenvalue weighted by molar-refractivity contribution is 6.35. The van der Waals surface area contributed by atoms with Crippen LogP contribution in [-0.2, 0) is 22.6 Å². The average Bonchev–Trinajstić information content (AvgIpc) is 2.87. The van der Waals surface area contributed by atoms with Crippen molar-refractivity contribution in [2.45, 2.75) is 38.8 Å². The zero-order valence-corrected chi connectivity index (χ0v) is 23.4. The Kier molecular flexibility index (Phi) is 11.4. The maximum absolute atomic E-state index is 13.6. The van der Waals surface area contributed by atoms with Gasteiger partial charge in [-0.1, -0.05) is 96.1 Å². The van der Waals surface area contributed by atoms with Crippen molar-refractivity contribution in [2.75, 3.05) is 13.2 Å². The third-order valence-corrected chi connectivity index (χ3v) is 6.82. The van der Waals surface area contributed by atoms with Crippen molar-refractivity contribution in [1.82, 2.24) is 10.2 Å². The molecule has 0 aliphatic heterocycles. The summed E-state index contributed by atoms with van der Waals surface area (Å²) in [5, 5.41) is 4.59. The topological polar surface area (TPSA) is 58.6 Å². The van der Waals surface area contributed by atoms with Crippen LogP contribution in [-0.4, -0.2) is 35.9 Å². The highest BCUT2D eigenvalue weighted by Gasteiger charge is 2.31. The van der Waals surface area contributed by atoms with Crippen LogP contribution in [0.15, 0.2) is 66.7 Å². The molecule has 0 heterocycles. The number of halogens is 4. The average molecular weight is 582 g/mol.